The summed E-state index contributed by atoms with van der Waals surface area (Å²) in [4.78, 5) is 41.1. The van der Waals surface area contributed by atoms with Crippen LogP contribution in [0.3, 0.4) is 0 Å². The molecule has 0 radical (unpaired) electrons. The van der Waals surface area contributed by atoms with Gasteiger partial charge in [0.1, 0.15) is 11.9 Å². The van der Waals surface area contributed by atoms with Gasteiger partial charge in [0.05, 0.1) is 23.7 Å². The van der Waals surface area contributed by atoms with E-state index in [4.69, 9.17) is 9.98 Å². The van der Waals surface area contributed by atoms with Crippen LogP contribution in [-0.2, 0) is 9.59 Å². The first kappa shape index (κ1) is 20.9. The molecule has 3 saturated heterocycles. The minimum atomic E-state index is -2.67. The van der Waals surface area contributed by atoms with E-state index in [1.54, 1.807) is 11.1 Å². The lowest BCUT2D eigenvalue weighted by Gasteiger charge is -2.43. The highest BCUT2D eigenvalue weighted by Gasteiger charge is 2.61. The molecule has 5 unspecified atom stereocenters. The Balaban J connectivity index is 1.12. The largest absolute Gasteiger partial charge is 0.338 e. The van der Waals surface area contributed by atoms with Crippen molar-refractivity contribution >= 4 is 23.7 Å². The van der Waals surface area contributed by atoms with Crippen LogP contribution in [0.5, 0.6) is 0 Å². The van der Waals surface area contributed by atoms with Crippen LogP contribution in [0.2, 0.25) is 0 Å². The topological polar surface area (TPSA) is 68.6 Å². The molecule has 1 spiro atoms. The Morgan fingerprint density at radius 1 is 1.15 bits per heavy atom. The number of likely N-dealkylation sites (N-methyl/N-ethyl adjacent to an activating group) is 1. The van der Waals surface area contributed by atoms with Gasteiger partial charge in [-0.3, -0.25) is 24.5 Å². The number of hydrogen-bond acceptors (Lipinski definition) is 5. The van der Waals surface area contributed by atoms with E-state index < -0.39 is 5.92 Å². The van der Waals surface area contributed by atoms with Gasteiger partial charge in [0.15, 0.2) is 0 Å². The number of rotatable bonds is 2. The third kappa shape index (κ3) is 2.94. The third-order valence-electron chi connectivity index (χ3n) is 9.22. The van der Waals surface area contributed by atoms with Gasteiger partial charge >= 0.3 is 0 Å². The van der Waals surface area contributed by atoms with Crippen molar-refractivity contribution in [2.75, 3.05) is 33.2 Å². The molecule has 9 heteroatoms. The van der Waals surface area contributed by atoms with Crippen molar-refractivity contribution in [3.8, 4) is 0 Å². The van der Waals surface area contributed by atoms with Crippen LogP contribution in [0.1, 0.15) is 32.1 Å². The fourth-order valence-corrected chi connectivity index (χ4v) is 6.86. The van der Waals surface area contributed by atoms with E-state index >= 15 is 0 Å². The molecule has 7 nitrogen and oxygen atoms in total. The van der Waals surface area contributed by atoms with E-state index in [-0.39, 0.29) is 61.4 Å². The molecule has 5 atom stereocenters. The monoisotopic (exact) mass is 469 g/mol. The summed E-state index contributed by atoms with van der Waals surface area (Å²) >= 11 is 0. The number of dihydropyridines is 2. The second kappa shape index (κ2) is 6.83. The number of likely N-dealkylation sites (tertiary alicyclic amines) is 3. The van der Waals surface area contributed by atoms with Crippen molar-refractivity contribution < 1.29 is 18.4 Å². The lowest BCUT2D eigenvalue weighted by Crippen LogP contribution is -2.53. The van der Waals surface area contributed by atoms with Crippen LogP contribution in [0.25, 0.3) is 0 Å². The molecular formula is C25H29F2N5O2. The molecule has 180 valence electrons. The summed E-state index contributed by atoms with van der Waals surface area (Å²) in [6.45, 7) is 1.70. The number of hydrogen-bond donors (Lipinski definition) is 0. The van der Waals surface area contributed by atoms with E-state index in [1.807, 2.05) is 11.9 Å². The van der Waals surface area contributed by atoms with Crippen LogP contribution in [0, 0.1) is 17.8 Å². The normalized spacial score (nSPS) is 39.1. The standard InChI is InChI=1S/C25H29F2N5O2/c1-30-23(34)20-19(24(30)2-3-24)10-16(12-28-20)32-13-15-9-17(15)18-8-14(11-29-21(18)32)22(33)31-6-4-25(26,27)5-7-31/h8,10-11,15-18,21H,2-7,9,12-13H2,1H3. The van der Waals surface area contributed by atoms with E-state index in [0.717, 1.165) is 31.4 Å². The van der Waals surface area contributed by atoms with Gasteiger partial charge in [0.2, 0.25) is 0 Å². The Hall–Kier alpha value is -2.42. The van der Waals surface area contributed by atoms with Gasteiger partial charge in [-0.15, -0.1) is 0 Å². The van der Waals surface area contributed by atoms with Crippen molar-refractivity contribution in [1.29, 1.82) is 0 Å². The van der Waals surface area contributed by atoms with E-state index in [1.165, 1.54) is 0 Å². The summed E-state index contributed by atoms with van der Waals surface area (Å²) in [6, 6.07) is 0.0942. The molecular weight excluding hydrogens is 440 g/mol. The van der Waals surface area contributed by atoms with Gasteiger partial charge in [0, 0.05) is 57.2 Å². The minimum absolute atomic E-state index is 0.0400. The van der Waals surface area contributed by atoms with Crippen LogP contribution in [-0.4, -0.2) is 95.3 Å². The van der Waals surface area contributed by atoms with Gasteiger partial charge in [-0.25, -0.2) is 8.78 Å². The molecule has 2 aliphatic carbocycles. The number of carbonyl (C=O) groups is 2. The van der Waals surface area contributed by atoms with E-state index in [2.05, 4.69) is 17.1 Å². The summed E-state index contributed by atoms with van der Waals surface area (Å²) in [6.07, 6.45) is 8.52. The maximum absolute atomic E-state index is 13.5. The Morgan fingerprint density at radius 2 is 1.91 bits per heavy atom. The van der Waals surface area contributed by atoms with Crippen molar-refractivity contribution in [3.63, 3.8) is 0 Å². The van der Waals surface area contributed by atoms with Gasteiger partial charge in [0.25, 0.3) is 17.7 Å². The van der Waals surface area contributed by atoms with Gasteiger partial charge in [-0.1, -0.05) is 12.2 Å². The highest BCUT2D eigenvalue weighted by atomic mass is 19.3. The number of nitrogens with zero attached hydrogens (tertiary/aromatic N) is 5. The molecule has 0 bridgehead atoms. The van der Waals surface area contributed by atoms with Gasteiger partial charge in [-0.05, 0) is 31.1 Å². The number of halogens is 2. The highest BCUT2D eigenvalue weighted by Crippen LogP contribution is 2.55. The molecule has 7 aliphatic rings. The van der Waals surface area contributed by atoms with Gasteiger partial charge in [-0.2, -0.15) is 0 Å². The predicted molar refractivity (Wildman–Crippen MR) is 122 cm³/mol. The number of piperidine rings is 2. The first-order valence-corrected chi connectivity index (χ1v) is 12.5. The average molecular weight is 470 g/mol. The second-order valence-electron chi connectivity index (χ2n) is 11.1. The molecule has 2 saturated carbocycles. The highest BCUT2D eigenvalue weighted by molar-refractivity contribution is 6.49. The number of aliphatic imine (C=N–C) groups is 2. The zero-order valence-electron chi connectivity index (χ0n) is 19.3. The molecule has 0 aromatic carbocycles. The van der Waals surface area contributed by atoms with Crippen molar-refractivity contribution in [2.24, 2.45) is 27.7 Å². The number of fused-ring (bicyclic) bond motifs is 5. The van der Waals surface area contributed by atoms with Crippen molar-refractivity contribution in [3.05, 3.63) is 23.3 Å². The number of alkyl halides is 2. The fourth-order valence-electron chi connectivity index (χ4n) is 6.86. The first-order valence-electron chi connectivity index (χ1n) is 12.5. The Morgan fingerprint density at radius 3 is 2.65 bits per heavy atom. The summed E-state index contributed by atoms with van der Waals surface area (Å²) < 4.78 is 27.1. The lowest BCUT2D eigenvalue weighted by molar-refractivity contribution is -0.132. The predicted octanol–water partition coefficient (Wildman–Crippen LogP) is 1.90. The third-order valence-corrected chi connectivity index (χ3v) is 9.22. The Kier molecular flexibility index (Phi) is 4.20. The molecule has 5 fully saturated rings. The lowest BCUT2D eigenvalue weighted by atomic mass is 9.87. The average Bonchev–Trinajstić information content (AvgIpc) is 3.75. The van der Waals surface area contributed by atoms with Crippen LogP contribution < -0.4 is 0 Å². The van der Waals surface area contributed by atoms with Crippen molar-refractivity contribution in [2.45, 2.75) is 55.8 Å². The van der Waals surface area contributed by atoms with Crippen LogP contribution >= 0.6 is 0 Å². The van der Waals surface area contributed by atoms with Crippen LogP contribution in [0.15, 0.2) is 33.3 Å². The molecule has 5 aliphatic heterocycles. The van der Waals surface area contributed by atoms with E-state index in [0.29, 0.717) is 29.7 Å². The summed E-state index contributed by atoms with van der Waals surface area (Å²) in [7, 11) is 1.88. The zero-order valence-corrected chi connectivity index (χ0v) is 19.3. The van der Waals surface area contributed by atoms with Gasteiger partial charge < -0.3 is 9.80 Å². The first-order chi connectivity index (χ1) is 16.3. The molecule has 0 N–H and O–H groups in total. The summed E-state index contributed by atoms with van der Waals surface area (Å²) in [5.74, 6) is -1.54. The SMILES string of the molecule is CN1C(=O)C2=NCC(N3CC4CC4C4C=C(C(=O)N5CCC(F)(F)CC5)C=NC43)C=C2C12CC2. The Bertz CT molecular complexity index is 1100. The maximum atomic E-state index is 13.5. The second-order valence-corrected chi connectivity index (χ2v) is 11.1. The quantitative estimate of drug-likeness (QED) is 0.621. The van der Waals surface area contributed by atoms with Crippen molar-refractivity contribution in [1.82, 2.24) is 14.7 Å². The summed E-state index contributed by atoms with van der Waals surface area (Å²) in [5, 5.41) is 0. The smallest absolute Gasteiger partial charge is 0.272 e. The maximum Gasteiger partial charge on any atom is 0.272 e. The molecule has 34 heavy (non-hydrogen) atoms. The number of amides is 2. The molecule has 5 heterocycles. The molecule has 0 aromatic rings. The molecule has 2 amide bonds. The van der Waals surface area contributed by atoms with E-state index in [9.17, 15) is 18.4 Å². The Labute approximate surface area is 197 Å². The van der Waals surface area contributed by atoms with Crippen LogP contribution in [0.4, 0.5) is 8.78 Å². The molecule has 0 aromatic heterocycles. The number of carbonyl (C=O) groups excluding carboxylic acids is 2. The minimum Gasteiger partial charge on any atom is -0.338 e. The fraction of sp³-hybridized carbons (Fsp3) is 0.680. The zero-order chi connectivity index (χ0) is 23.4. The summed E-state index contributed by atoms with van der Waals surface area (Å²) in [5.41, 5.74) is 2.13. The molecule has 7 rings (SSSR count).